The second-order valence-electron chi connectivity index (χ2n) is 5.43. The molecule has 0 saturated heterocycles. The molecular weight excluding hydrogens is 324 g/mol. The van der Waals surface area contributed by atoms with Crippen molar-refractivity contribution in [1.82, 2.24) is 0 Å². The number of hydrogen-bond acceptors (Lipinski definition) is 6. The van der Waals surface area contributed by atoms with Crippen LogP contribution >= 0.6 is 0 Å². The normalized spacial score (nSPS) is 14.6. The molecule has 1 heterocycles. The average Bonchev–Trinajstić information content (AvgIpc) is 2.63. The molecule has 0 aliphatic carbocycles. The number of hydrogen-bond donors (Lipinski definition) is 1. The van der Waals surface area contributed by atoms with Crippen molar-refractivity contribution in [2.24, 2.45) is 0 Å². The Hall–Kier alpha value is -3.35. The van der Waals surface area contributed by atoms with Gasteiger partial charge in [-0.15, -0.1) is 0 Å². The van der Waals surface area contributed by atoms with E-state index in [-0.39, 0.29) is 18.1 Å². The van der Waals surface area contributed by atoms with Crippen molar-refractivity contribution in [2.75, 3.05) is 26.1 Å². The fourth-order valence-electron chi connectivity index (χ4n) is 2.64. The van der Waals surface area contributed by atoms with Gasteiger partial charge in [0.25, 0.3) is 5.69 Å². The summed E-state index contributed by atoms with van der Waals surface area (Å²) < 4.78 is 10.8. The molecule has 2 aromatic rings. The summed E-state index contributed by atoms with van der Waals surface area (Å²) in [6.07, 6.45) is 1.61. The van der Waals surface area contributed by atoms with Crippen LogP contribution in [-0.4, -0.2) is 31.5 Å². The Labute approximate surface area is 144 Å². The lowest BCUT2D eigenvalue weighted by Crippen LogP contribution is -2.19. The topological polar surface area (TPSA) is 90.7 Å². The van der Waals surface area contributed by atoms with E-state index in [0.29, 0.717) is 33.9 Å². The third kappa shape index (κ3) is 3.16. The van der Waals surface area contributed by atoms with E-state index in [1.54, 1.807) is 43.5 Å². The summed E-state index contributed by atoms with van der Waals surface area (Å²) in [7, 11) is 3.14. The van der Waals surface area contributed by atoms with E-state index < -0.39 is 4.92 Å². The molecule has 25 heavy (non-hydrogen) atoms. The Morgan fingerprint density at radius 1 is 1.28 bits per heavy atom. The molecule has 7 nitrogen and oxygen atoms in total. The van der Waals surface area contributed by atoms with Gasteiger partial charge in [-0.05, 0) is 35.9 Å². The van der Waals surface area contributed by atoms with E-state index in [0.717, 1.165) is 0 Å². The molecule has 0 fully saturated rings. The SMILES string of the molecule is CNc1ccc(/C=C2/COc3ccc(OC)cc3C2=O)cc1[N+](=O)[O-]. The van der Waals surface area contributed by atoms with Crippen LogP contribution in [0.5, 0.6) is 11.5 Å². The quantitative estimate of drug-likeness (QED) is 0.522. The Bertz CT molecular complexity index is 889. The van der Waals surface area contributed by atoms with Gasteiger partial charge in [0, 0.05) is 18.7 Å². The van der Waals surface area contributed by atoms with Gasteiger partial charge in [0.2, 0.25) is 0 Å². The number of benzene rings is 2. The summed E-state index contributed by atoms with van der Waals surface area (Å²) in [5.41, 5.74) is 1.76. The van der Waals surface area contributed by atoms with Crippen LogP contribution in [0, 0.1) is 10.1 Å². The predicted octanol–water partition coefficient (Wildman–Crippen LogP) is 3.30. The molecule has 1 aliphatic rings. The van der Waals surface area contributed by atoms with E-state index in [1.165, 1.54) is 13.2 Å². The first-order valence-electron chi connectivity index (χ1n) is 7.56. The van der Waals surface area contributed by atoms with Crippen LogP contribution in [0.25, 0.3) is 6.08 Å². The highest BCUT2D eigenvalue weighted by Gasteiger charge is 2.24. The first kappa shape index (κ1) is 16.5. The van der Waals surface area contributed by atoms with Gasteiger partial charge in [-0.1, -0.05) is 6.07 Å². The smallest absolute Gasteiger partial charge is 0.292 e. The standard InChI is InChI=1S/C18H16N2O5/c1-19-15-5-3-11(8-16(15)20(22)23)7-12-10-25-17-6-4-13(24-2)9-14(17)18(12)21/h3-9,19H,10H2,1-2H3/b12-7-. The number of rotatable bonds is 4. The van der Waals surface area contributed by atoms with Crippen LogP contribution in [0.1, 0.15) is 15.9 Å². The highest BCUT2D eigenvalue weighted by Crippen LogP contribution is 2.32. The summed E-state index contributed by atoms with van der Waals surface area (Å²) in [5, 5.41) is 13.9. The van der Waals surface area contributed by atoms with Gasteiger partial charge >= 0.3 is 0 Å². The summed E-state index contributed by atoms with van der Waals surface area (Å²) in [6, 6.07) is 9.77. The van der Waals surface area contributed by atoms with Gasteiger partial charge in [0.05, 0.1) is 17.6 Å². The zero-order valence-electron chi connectivity index (χ0n) is 13.7. The fraction of sp³-hybridized carbons (Fsp3) is 0.167. The van der Waals surface area contributed by atoms with Gasteiger partial charge in [0.1, 0.15) is 23.8 Å². The molecule has 0 bridgehead atoms. The maximum absolute atomic E-state index is 12.7. The number of anilines is 1. The molecular formula is C18H16N2O5. The molecule has 0 unspecified atom stereocenters. The van der Waals surface area contributed by atoms with Gasteiger partial charge in [-0.25, -0.2) is 0 Å². The van der Waals surface area contributed by atoms with Gasteiger partial charge < -0.3 is 14.8 Å². The third-order valence-corrected chi connectivity index (χ3v) is 3.93. The molecule has 7 heteroatoms. The van der Waals surface area contributed by atoms with Crippen molar-refractivity contribution in [3.8, 4) is 11.5 Å². The van der Waals surface area contributed by atoms with E-state index in [1.807, 2.05) is 0 Å². The van der Waals surface area contributed by atoms with E-state index in [2.05, 4.69) is 5.32 Å². The maximum atomic E-state index is 12.7. The van der Waals surface area contributed by atoms with Crippen LogP contribution in [0.4, 0.5) is 11.4 Å². The lowest BCUT2D eigenvalue weighted by molar-refractivity contribution is -0.383. The molecule has 2 aromatic carbocycles. The van der Waals surface area contributed by atoms with E-state index in [4.69, 9.17) is 9.47 Å². The van der Waals surface area contributed by atoms with E-state index in [9.17, 15) is 14.9 Å². The second kappa shape index (κ2) is 6.64. The molecule has 1 N–H and O–H groups in total. The van der Waals surface area contributed by atoms with Crippen LogP contribution < -0.4 is 14.8 Å². The molecule has 0 saturated carbocycles. The Morgan fingerprint density at radius 3 is 2.76 bits per heavy atom. The van der Waals surface area contributed by atoms with Gasteiger partial charge in [-0.2, -0.15) is 0 Å². The number of methoxy groups -OCH3 is 1. The van der Waals surface area contributed by atoms with Crippen molar-refractivity contribution < 1.29 is 19.2 Å². The Morgan fingerprint density at radius 2 is 2.08 bits per heavy atom. The third-order valence-electron chi connectivity index (χ3n) is 3.93. The van der Waals surface area contributed by atoms with Gasteiger partial charge in [0.15, 0.2) is 5.78 Å². The monoisotopic (exact) mass is 340 g/mol. The zero-order valence-corrected chi connectivity index (χ0v) is 13.7. The number of nitrogens with one attached hydrogen (secondary N) is 1. The average molecular weight is 340 g/mol. The molecule has 0 amide bonds. The van der Waals surface area contributed by atoms with Gasteiger partial charge in [-0.3, -0.25) is 14.9 Å². The van der Waals surface area contributed by atoms with Crippen molar-refractivity contribution in [3.63, 3.8) is 0 Å². The highest BCUT2D eigenvalue weighted by atomic mass is 16.6. The zero-order chi connectivity index (χ0) is 18.0. The molecule has 0 atom stereocenters. The highest BCUT2D eigenvalue weighted by molar-refractivity contribution is 6.14. The largest absolute Gasteiger partial charge is 0.497 e. The molecule has 0 radical (unpaired) electrons. The maximum Gasteiger partial charge on any atom is 0.292 e. The summed E-state index contributed by atoms with van der Waals surface area (Å²) in [5.74, 6) is 0.880. The van der Waals surface area contributed by atoms with E-state index >= 15 is 0 Å². The van der Waals surface area contributed by atoms with Crippen molar-refractivity contribution >= 4 is 23.2 Å². The number of ketones is 1. The fourth-order valence-corrected chi connectivity index (χ4v) is 2.64. The molecule has 3 rings (SSSR count). The number of nitrogens with zero attached hydrogens (tertiary/aromatic N) is 1. The van der Waals surface area contributed by atoms with Crippen molar-refractivity contribution in [2.45, 2.75) is 0 Å². The van der Waals surface area contributed by atoms with Crippen molar-refractivity contribution in [3.05, 3.63) is 63.2 Å². The van der Waals surface area contributed by atoms with Crippen LogP contribution in [0.15, 0.2) is 42.0 Å². The first-order valence-corrected chi connectivity index (χ1v) is 7.56. The molecule has 0 spiro atoms. The van der Waals surface area contributed by atoms with Crippen molar-refractivity contribution in [1.29, 1.82) is 0 Å². The lowest BCUT2D eigenvalue weighted by atomic mass is 9.98. The Balaban J connectivity index is 1.98. The number of carbonyl (C=O) groups excluding carboxylic acids is 1. The molecule has 128 valence electrons. The van der Waals surface area contributed by atoms with Crippen LogP contribution in [-0.2, 0) is 0 Å². The minimum atomic E-state index is -0.465. The van der Waals surface area contributed by atoms with Crippen LogP contribution in [0.3, 0.4) is 0 Å². The Kier molecular flexibility index (Phi) is 4.38. The number of Topliss-reactive ketones (excluding diaryl/α,β-unsaturated/α-hetero) is 1. The number of fused-ring (bicyclic) bond motifs is 1. The number of ether oxygens (including phenoxy) is 2. The number of nitro groups is 1. The molecule has 1 aliphatic heterocycles. The number of nitro benzene ring substituents is 1. The predicted molar refractivity (Wildman–Crippen MR) is 93.4 cm³/mol. The second-order valence-corrected chi connectivity index (χ2v) is 5.43. The first-order chi connectivity index (χ1) is 12.0. The number of carbonyl (C=O) groups is 1. The van der Waals surface area contributed by atoms with Crippen LogP contribution in [0.2, 0.25) is 0 Å². The minimum Gasteiger partial charge on any atom is -0.497 e. The lowest BCUT2D eigenvalue weighted by Gasteiger charge is -2.19. The minimum absolute atomic E-state index is 0.0527. The molecule has 0 aromatic heterocycles. The summed E-state index contributed by atoms with van der Waals surface area (Å²) in [6.45, 7) is 0.111. The summed E-state index contributed by atoms with van der Waals surface area (Å²) >= 11 is 0. The summed E-state index contributed by atoms with van der Waals surface area (Å²) in [4.78, 5) is 23.4.